The minimum Gasteiger partial charge on any atom is -0.480 e. The molecule has 6 heteroatoms. The lowest BCUT2D eigenvalue weighted by atomic mass is 10.2. The molecular weight excluding hydrogens is 238 g/mol. The lowest BCUT2D eigenvalue weighted by Gasteiger charge is -2.01. The first-order valence-corrected chi connectivity index (χ1v) is 5.19. The van der Waals surface area contributed by atoms with Crippen LogP contribution in [0, 0.1) is 6.92 Å². The van der Waals surface area contributed by atoms with Crippen LogP contribution in [-0.2, 0) is 9.59 Å². The summed E-state index contributed by atoms with van der Waals surface area (Å²) in [4.78, 5) is 32.8. The third-order valence-corrected chi connectivity index (χ3v) is 2.16. The minimum absolute atomic E-state index is 0.274. The highest BCUT2D eigenvalue weighted by molar-refractivity contribution is 5.95. The van der Waals surface area contributed by atoms with E-state index in [9.17, 15) is 14.4 Å². The Bertz CT molecular complexity index is 556. The summed E-state index contributed by atoms with van der Waals surface area (Å²) in [6.07, 6.45) is 1.18. The second-order valence-corrected chi connectivity index (χ2v) is 3.71. The second kappa shape index (κ2) is 5.81. The predicted octanol–water partition coefficient (Wildman–Crippen LogP) is 0.552. The fraction of sp³-hybridized carbons (Fsp3) is 0.250. The topological polar surface area (TPSA) is 96.6 Å². The first-order chi connectivity index (χ1) is 8.40. The molecule has 1 heterocycles. The number of hydrogen-bond donors (Lipinski definition) is 2. The van der Waals surface area contributed by atoms with Gasteiger partial charge in [0.1, 0.15) is 12.3 Å². The van der Waals surface area contributed by atoms with Crippen molar-refractivity contribution in [1.29, 1.82) is 0 Å². The quantitative estimate of drug-likeness (QED) is 0.762. The third kappa shape index (κ3) is 3.89. The lowest BCUT2D eigenvalue weighted by Crippen LogP contribution is -2.27. The zero-order valence-corrected chi connectivity index (χ0v) is 10.0. The van der Waals surface area contributed by atoms with Crippen LogP contribution in [0.2, 0.25) is 0 Å². The van der Waals surface area contributed by atoms with E-state index in [1.807, 2.05) is 0 Å². The van der Waals surface area contributed by atoms with Crippen LogP contribution in [0.15, 0.2) is 27.4 Å². The van der Waals surface area contributed by atoms with Gasteiger partial charge in [0, 0.05) is 11.6 Å². The molecule has 2 N–H and O–H groups in total. The van der Waals surface area contributed by atoms with Crippen LogP contribution in [0.4, 0.5) is 0 Å². The van der Waals surface area contributed by atoms with Gasteiger partial charge in [-0.25, -0.2) is 4.79 Å². The fourth-order valence-corrected chi connectivity index (χ4v) is 1.18. The van der Waals surface area contributed by atoms with E-state index in [0.29, 0.717) is 11.1 Å². The average Bonchev–Trinajstić information content (AvgIpc) is 2.30. The summed E-state index contributed by atoms with van der Waals surface area (Å²) in [6, 6.07) is 3.17. The van der Waals surface area contributed by atoms with Gasteiger partial charge in [0.2, 0.25) is 5.91 Å². The van der Waals surface area contributed by atoms with Crippen LogP contribution in [0.5, 0.6) is 0 Å². The number of carboxylic acid groups (broad SMARTS) is 1. The highest BCUT2D eigenvalue weighted by atomic mass is 16.4. The SMILES string of the molecule is C/C(=C\C(=O)NCC(=O)O)c1ccc(C)c(=O)o1. The molecule has 0 aliphatic heterocycles. The van der Waals surface area contributed by atoms with Crippen molar-refractivity contribution in [2.24, 2.45) is 0 Å². The van der Waals surface area contributed by atoms with Crippen LogP contribution in [0.25, 0.3) is 5.57 Å². The van der Waals surface area contributed by atoms with Gasteiger partial charge < -0.3 is 14.8 Å². The summed E-state index contributed by atoms with van der Waals surface area (Å²) in [7, 11) is 0. The molecule has 0 aromatic carbocycles. The maximum absolute atomic E-state index is 11.3. The Morgan fingerprint density at radius 2 is 2.11 bits per heavy atom. The zero-order valence-electron chi connectivity index (χ0n) is 10.0. The molecule has 6 nitrogen and oxygen atoms in total. The molecule has 0 radical (unpaired) electrons. The molecule has 96 valence electrons. The highest BCUT2D eigenvalue weighted by Crippen LogP contribution is 2.11. The Kier molecular flexibility index (Phi) is 4.42. The van der Waals surface area contributed by atoms with Crippen molar-refractivity contribution in [1.82, 2.24) is 5.32 Å². The van der Waals surface area contributed by atoms with Crippen LogP contribution >= 0.6 is 0 Å². The van der Waals surface area contributed by atoms with E-state index in [0.717, 1.165) is 0 Å². The standard InChI is InChI=1S/C12H13NO5/c1-7-3-4-9(18-12(7)17)8(2)5-10(14)13-6-11(15)16/h3-5H,6H2,1-2H3,(H,13,14)(H,15,16)/b8-5+. The van der Waals surface area contributed by atoms with E-state index >= 15 is 0 Å². The van der Waals surface area contributed by atoms with Crippen molar-refractivity contribution in [3.05, 3.63) is 40.0 Å². The molecule has 18 heavy (non-hydrogen) atoms. The van der Waals surface area contributed by atoms with Crippen molar-refractivity contribution in [3.8, 4) is 0 Å². The number of rotatable bonds is 4. The number of aryl methyl sites for hydroxylation is 1. The van der Waals surface area contributed by atoms with Crippen LogP contribution < -0.4 is 10.9 Å². The monoisotopic (exact) mass is 251 g/mol. The summed E-state index contributed by atoms with van der Waals surface area (Å²) >= 11 is 0. The molecule has 0 aliphatic carbocycles. The number of carbonyl (C=O) groups is 2. The van der Waals surface area contributed by atoms with E-state index in [4.69, 9.17) is 9.52 Å². The van der Waals surface area contributed by atoms with E-state index in [2.05, 4.69) is 5.32 Å². The van der Waals surface area contributed by atoms with Gasteiger partial charge in [0.15, 0.2) is 0 Å². The fourth-order valence-electron chi connectivity index (χ4n) is 1.18. The van der Waals surface area contributed by atoms with Crippen LogP contribution in [0.3, 0.4) is 0 Å². The molecule has 1 aromatic heterocycles. The first kappa shape index (κ1) is 13.7. The second-order valence-electron chi connectivity index (χ2n) is 3.71. The molecule has 1 amide bonds. The van der Waals surface area contributed by atoms with Gasteiger partial charge in [0.25, 0.3) is 0 Å². The number of aliphatic carboxylic acids is 1. The summed E-state index contributed by atoms with van der Waals surface area (Å²) in [5.74, 6) is -1.41. The lowest BCUT2D eigenvalue weighted by molar-refractivity contribution is -0.137. The maximum atomic E-state index is 11.3. The van der Waals surface area contributed by atoms with Crippen molar-refractivity contribution in [2.75, 3.05) is 6.54 Å². The Morgan fingerprint density at radius 3 is 2.67 bits per heavy atom. The van der Waals surface area contributed by atoms with E-state index in [1.165, 1.54) is 6.08 Å². The number of carbonyl (C=O) groups excluding carboxylic acids is 1. The van der Waals surface area contributed by atoms with E-state index in [1.54, 1.807) is 26.0 Å². The summed E-state index contributed by atoms with van der Waals surface area (Å²) < 4.78 is 4.98. The largest absolute Gasteiger partial charge is 0.480 e. The molecule has 0 saturated heterocycles. The van der Waals surface area contributed by atoms with Gasteiger partial charge in [-0.1, -0.05) is 0 Å². The maximum Gasteiger partial charge on any atom is 0.339 e. The predicted molar refractivity (Wildman–Crippen MR) is 64.0 cm³/mol. The molecule has 0 bridgehead atoms. The van der Waals surface area contributed by atoms with Gasteiger partial charge >= 0.3 is 11.6 Å². The number of amides is 1. The van der Waals surface area contributed by atoms with Crippen molar-refractivity contribution in [3.63, 3.8) is 0 Å². The minimum atomic E-state index is -1.13. The molecule has 0 spiro atoms. The summed E-state index contributed by atoms with van der Waals surface area (Å²) in [5, 5.41) is 10.6. The molecule has 0 fully saturated rings. The van der Waals surface area contributed by atoms with Gasteiger partial charge in [-0.05, 0) is 31.6 Å². The molecule has 1 aromatic rings. The Morgan fingerprint density at radius 1 is 1.44 bits per heavy atom. The molecular formula is C12H13NO5. The van der Waals surface area contributed by atoms with Crippen molar-refractivity contribution < 1.29 is 19.1 Å². The van der Waals surface area contributed by atoms with Crippen molar-refractivity contribution in [2.45, 2.75) is 13.8 Å². The molecule has 0 unspecified atom stereocenters. The first-order valence-electron chi connectivity index (χ1n) is 5.19. The third-order valence-electron chi connectivity index (χ3n) is 2.16. The van der Waals surface area contributed by atoms with Gasteiger partial charge in [-0.15, -0.1) is 0 Å². The van der Waals surface area contributed by atoms with Gasteiger partial charge in [0.05, 0.1) is 0 Å². The average molecular weight is 251 g/mol. The summed E-state index contributed by atoms with van der Waals surface area (Å²) in [6.45, 7) is 2.75. The molecule has 0 saturated carbocycles. The molecule has 0 aliphatic rings. The van der Waals surface area contributed by atoms with Crippen LogP contribution in [0.1, 0.15) is 18.2 Å². The van der Waals surface area contributed by atoms with Gasteiger partial charge in [-0.2, -0.15) is 0 Å². The van der Waals surface area contributed by atoms with Crippen molar-refractivity contribution >= 4 is 17.4 Å². The number of carboxylic acids is 1. The van der Waals surface area contributed by atoms with Gasteiger partial charge in [-0.3, -0.25) is 9.59 Å². The number of allylic oxidation sites excluding steroid dienone is 1. The highest BCUT2D eigenvalue weighted by Gasteiger charge is 2.05. The van der Waals surface area contributed by atoms with Crippen LogP contribution in [-0.4, -0.2) is 23.5 Å². The van der Waals surface area contributed by atoms with E-state index in [-0.39, 0.29) is 5.76 Å². The zero-order chi connectivity index (χ0) is 13.7. The molecule has 0 atom stereocenters. The summed E-state index contributed by atoms with van der Waals surface area (Å²) in [5.41, 5.74) is 0.447. The van der Waals surface area contributed by atoms with E-state index < -0.39 is 24.0 Å². The number of hydrogen-bond acceptors (Lipinski definition) is 4. The Balaban J connectivity index is 2.82. The Hall–Kier alpha value is -2.37. The smallest absolute Gasteiger partial charge is 0.339 e. The normalized spacial score (nSPS) is 11.1. The molecule has 1 rings (SSSR count). The Labute approximate surface area is 103 Å². The number of nitrogens with one attached hydrogen (secondary N) is 1.